The number of imidazole rings is 1. The van der Waals surface area contributed by atoms with Crippen molar-refractivity contribution >= 4 is 17.1 Å². The predicted octanol–water partition coefficient (Wildman–Crippen LogP) is 1.92. The molecule has 0 amide bonds. The van der Waals surface area contributed by atoms with Crippen LogP contribution in [0.3, 0.4) is 0 Å². The zero-order valence-corrected chi connectivity index (χ0v) is 10.5. The minimum atomic E-state index is 0.134. The topological polar surface area (TPSA) is 66.0 Å². The first-order valence-corrected chi connectivity index (χ1v) is 5.81. The van der Waals surface area contributed by atoms with E-state index in [4.69, 9.17) is 10.5 Å². The summed E-state index contributed by atoms with van der Waals surface area (Å²) in [4.78, 5) is 8.72. The second kappa shape index (κ2) is 4.71. The fraction of sp³-hybridized carbons (Fsp3) is 0.500. The third kappa shape index (κ3) is 2.24. The van der Waals surface area contributed by atoms with E-state index in [0.29, 0.717) is 19.2 Å². The van der Waals surface area contributed by atoms with Gasteiger partial charge in [-0.05, 0) is 32.4 Å². The number of pyridine rings is 1. The summed E-state index contributed by atoms with van der Waals surface area (Å²) in [6.07, 6.45) is 1.83. The minimum Gasteiger partial charge on any atom is -0.380 e. The maximum absolute atomic E-state index is 5.93. The van der Waals surface area contributed by atoms with Gasteiger partial charge in [-0.25, -0.2) is 9.97 Å². The van der Waals surface area contributed by atoms with Crippen molar-refractivity contribution in [2.45, 2.75) is 26.8 Å². The molecule has 0 aromatic carbocycles. The van der Waals surface area contributed by atoms with Gasteiger partial charge in [0.05, 0.1) is 12.6 Å². The summed E-state index contributed by atoms with van der Waals surface area (Å²) in [5.41, 5.74) is 8.67. The molecule has 92 valence electrons. The Bertz CT molecular complexity index is 520. The summed E-state index contributed by atoms with van der Waals surface area (Å²) in [7, 11) is 0. The van der Waals surface area contributed by atoms with Gasteiger partial charge >= 0.3 is 0 Å². The summed E-state index contributed by atoms with van der Waals surface area (Å²) in [5.74, 6) is 0.491. The molecule has 17 heavy (non-hydrogen) atoms. The van der Waals surface area contributed by atoms with Crippen LogP contribution in [0.1, 0.15) is 25.5 Å². The average molecular weight is 234 g/mol. The van der Waals surface area contributed by atoms with E-state index in [9.17, 15) is 0 Å². The number of fused-ring (bicyclic) bond motifs is 1. The molecule has 2 aromatic heterocycles. The fourth-order valence-corrected chi connectivity index (χ4v) is 1.90. The molecule has 2 heterocycles. The van der Waals surface area contributed by atoms with Crippen LogP contribution in [-0.4, -0.2) is 27.7 Å². The predicted molar refractivity (Wildman–Crippen MR) is 67.9 cm³/mol. The van der Waals surface area contributed by atoms with Crippen molar-refractivity contribution in [2.75, 3.05) is 18.9 Å². The first-order chi connectivity index (χ1) is 8.13. The number of hydrogen-bond donors (Lipinski definition) is 1. The van der Waals surface area contributed by atoms with E-state index in [-0.39, 0.29) is 6.04 Å². The standard InChI is InChI=1S/C12H18N4O/c1-4-17-7-9(3)16-11-10(15-12(16)13)5-8(2)6-14-11/h5-6,9H,4,7H2,1-3H3,(H2,13,15). The molecule has 0 saturated carbocycles. The Labute approximate surface area is 101 Å². The molecule has 1 unspecified atom stereocenters. The Morgan fingerprint density at radius 1 is 1.53 bits per heavy atom. The molecule has 0 aliphatic rings. The summed E-state index contributed by atoms with van der Waals surface area (Å²) in [6, 6.07) is 2.12. The molecule has 0 saturated heterocycles. The zero-order valence-electron chi connectivity index (χ0n) is 10.5. The average Bonchev–Trinajstić information content (AvgIpc) is 2.61. The van der Waals surface area contributed by atoms with Crippen LogP contribution in [0, 0.1) is 6.92 Å². The van der Waals surface area contributed by atoms with Crippen LogP contribution in [0.2, 0.25) is 0 Å². The van der Waals surface area contributed by atoms with Crippen molar-refractivity contribution in [2.24, 2.45) is 0 Å². The Morgan fingerprint density at radius 2 is 2.29 bits per heavy atom. The smallest absolute Gasteiger partial charge is 0.202 e. The van der Waals surface area contributed by atoms with Crippen LogP contribution in [0.25, 0.3) is 11.2 Å². The van der Waals surface area contributed by atoms with E-state index in [0.717, 1.165) is 16.7 Å². The monoisotopic (exact) mass is 234 g/mol. The highest BCUT2D eigenvalue weighted by Crippen LogP contribution is 2.21. The van der Waals surface area contributed by atoms with E-state index >= 15 is 0 Å². The number of aryl methyl sites for hydroxylation is 1. The lowest BCUT2D eigenvalue weighted by atomic mass is 10.3. The lowest BCUT2D eigenvalue weighted by Crippen LogP contribution is -2.15. The lowest BCUT2D eigenvalue weighted by molar-refractivity contribution is 0.120. The number of rotatable bonds is 4. The number of ether oxygens (including phenoxy) is 1. The molecular formula is C12H18N4O. The number of aromatic nitrogens is 3. The van der Waals surface area contributed by atoms with Gasteiger partial charge in [-0.1, -0.05) is 0 Å². The number of nitrogens with two attached hydrogens (primary N) is 1. The molecule has 0 aliphatic carbocycles. The van der Waals surface area contributed by atoms with Gasteiger partial charge in [-0.3, -0.25) is 4.57 Å². The van der Waals surface area contributed by atoms with Gasteiger partial charge < -0.3 is 10.5 Å². The van der Waals surface area contributed by atoms with E-state index in [1.165, 1.54) is 0 Å². The highest BCUT2D eigenvalue weighted by Gasteiger charge is 2.15. The highest BCUT2D eigenvalue weighted by molar-refractivity contribution is 5.74. The lowest BCUT2D eigenvalue weighted by Gasteiger charge is -2.14. The molecule has 5 nitrogen and oxygen atoms in total. The molecule has 0 spiro atoms. The van der Waals surface area contributed by atoms with Gasteiger partial charge in [0.1, 0.15) is 5.52 Å². The number of nitrogen functional groups attached to an aromatic ring is 1. The Balaban J connectivity index is 2.42. The highest BCUT2D eigenvalue weighted by atomic mass is 16.5. The molecular weight excluding hydrogens is 216 g/mol. The van der Waals surface area contributed by atoms with E-state index < -0.39 is 0 Å². The third-order valence-corrected chi connectivity index (χ3v) is 2.70. The quantitative estimate of drug-likeness (QED) is 0.877. The number of hydrogen-bond acceptors (Lipinski definition) is 4. The molecule has 0 bridgehead atoms. The molecule has 0 aliphatic heterocycles. The first kappa shape index (κ1) is 11.9. The van der Waals surface area contributed by atoms with Gasteiger partial charge in [0, 0.05) is 12.8 Å². The van der Waals surface area contributed by atoms with Crippen LogP contribution in [0.15, 0.2) is 12.3 Å². The number of anilines is 1. The molecule has 0 fully saturated rings. The van der Waals surface area contributed by atoms with Crippen molar-refractivity contribution in [3.63, 3.8) is 0 Å². The number of nitrogens with zero attached hydrogens (tertiary/aromatic N) is 3. The normalized spacial score (nSPS) is 13.1. The van der Waals surface area contributed by atoms with Gasteiger partial charge in [0.15, 0.2) is 5.65 Å². The SMILES string of the molecule is CCOCC(C)n1c(N)nc2cc(C)cnc21. The summed E-state index contributed by atoms with van der Waals surface area (Å²) < 4.78 is 7.34. The summed E-state index contributed by atoms with van der Waals surface area (Å²) >= 11 is 0. The molecule has 5 heteroatoms. The van der Waals surface area contributed by atoms with Crippen LogP contribution in [0.5, 0.6) is 0 Å². The van der Waals surface area contributed by atoms with E-state index in [1.54, 1.807) is 0 Å². The van der Waals surface area contributed by atoms with Crippen LogP contribution in [-0.2, 0) is 4.74 Å². The van der Waals surface area contributed by atoms with Crippen molar-refractivity contribution in [3.05, 3.63) is 17.8 Å². The maximum Gasteiger partial charge on any atom is 0.202 e. The molecule has 2 N–H and O–H groups in total. The Kier molecular flexibility index (Phi) is 3.28. The van der Waals surface area contributed by atoms with Crippen molar-refractivity contribution in [3.8, 4) is 0 Å². The van der Waals surface area contributed by atoms with Gasteiger partial charge in [0.2, 0.25) is 5.95 Å². The van der Waals surface area contributed by atoms with Crippen molar-refractivity contribution in [1.82, 2.24) is 14.5 Å². The fourth-order valence-electron chi connectivity index (χ4n) is 1.90. The zero-order chi connectivity index (χ0) is 12.4. The van der Waals surface area contributed by atoms with Gasteiger partial charge in [0.25, 0.3) is 0 Å². The summed E-state index contributed by atoms with van der Waals surface area (Å²) in [6.45, 7) is 7.33. The van der Waals surface area contributed by atoms with Crippen LogP contribution in [0.4, 0.5) is 5.95 Å². The largest absolute Gasteiger partial charge is 0.380 e. The van der Waals surface area contributed by atoms with Crippen molar-refractivity contribution in [1.29, 1.82) is 0 Å². The first-order valence-electron chi connectivity index (χ1n) is 5.81. The molecule has 2 aromatic rings. The van der Waals surface area contributed by atoms with E-state index in [1.807, 2.05) is 30.7 Å². The minimum absolute atomic E-state index is 0.134. The van der Waals surface area contributed by atoms with Gasteiger partial charge in [-0.15, -0.1) is 0 Å². The van der Waals surface area contributed by atoms with E-state index in [2.05, 4.69) is 16.9 Å². The second-order valence-electron chi connectivity index (χ2n) is 4.20. The molecule has 2 rings (SSSR count). The molecule has 0 radical (unpaired) electrons. The van der Waals surface area contributed by atoms with Crippen LogP contribution >= 0.6 is 0 Å². The second-order valence-corrected chi connectivity index (χ2v) is 4.20. The Hall–Kier alpha value is -1.62. The van der Waals surface area contributed by atoms with Gasteiger partial charge in [-0.2, -0.15) is 0 Å². The van der Waals surface area contributed by atoms with Crippen molar-refractivity contribution < 1.29 is 4.74 Å². The van der Waals surface area contributed by atoms with Crippen LogP contribution < -0.4 is 5.73 Å². The molecule has 1 atom stereocenters. The maximum atomic E-state index is 5.93. The summed E-state index contributed by atoms with van der Waals surface area (Å²) in [5, 5.41) is 0. The third-order valence-electron chi connectivity index (χ3n) is 2.70. The Morgan fingerprint density at radius 3 is 3.00 bits per heavy atom.